The first kappa shape index (κ1) is 14.8. The molecule has 0 saturated heterocycles. The molecule has 0 saturated carbocycles. The second-order valence-electron chi connectivity index (χ2n) is 4.50. The van der Waals surface area contributed by atoms with Gasteiger partial charge in [0.05, 0.1) is 0 Å². The number of halogens is 3. The van der Waals surface area contributed by atoms with E-state index in [1.807, 2.05) is 0 Å². The molecule has 1 atom stereocenters. The van der Waals surface area contributed by atoms with Gasteiger partial charge in [-0.15, -0.1) is 0 Å². The molecular formula is C15H14ClF2NO. The molecule has 106 valence electrons. The summed E-state index contributed by atoms with van der Waals surface area (Å²) in [5.41, 5.74) is 6.85. The van der Waals surface area contributed by atoms with Gasteiger partial charge in [0.25, 0.3) is 0 Å². The summed E-state index contributed by atoms with van der Waals surface area (Å²) in [5.74, 6) is -0.310. The maximum absolute atomic E-state index is 13.2. The number of rotatable bonds is 4. The van der Waals surface area contributed by atoms with E-state index in [0.29, 0.717) is 21.9 Å². The summed E-state index contributed by atoms with van der Waals surface area (Å²) >= 11 is 5.96. The lowest BCUT2D eigenvalue weighted by Gasteiger charge is -2.14. The Bertz CT molecular complexity index is 617. The zero-order valence-electron chi connectivity index (χ0n) is 10.9. The van der Waals surface area contributed by atoms with Gasteiger partial charge in [0, 0.05) is 22.2 Å². The van der Waals surface area contributed by atoms with Gasteiger partial charge in [-0.2, -0.15) is 0 Å². The van der Waals surface area contributed by atoms with Gasteiger partial charge in [-0.1, -0.05) is 11.6 Å². The van der Waals surface area contributed by atoms with Gasteiger partial charge in [0.2, 0.25) is 0 Å². The summed E-state index contributed by atoms with van der Waals surface area (Å²) in [5, 5.41) is 0.413. The Hall–Kier alpha value is -1.65. The smallest absolute Gasteiger partial charge is 0.124 e. The van der Waals surface area contributed by atoms with Crippen molar-refractivity contribution in [1.82, 2.24) is 0 Å². The Morgan fingerprint density at radius 3 is 2.50 bits per heavy atom. The van der Waals surface area contributed by atoms with Crippen LogP contribution in [0.15, 0.2) is 36.4 Å². The second-order valence-corrected chi connectivity index (χ2v) is 4.90. The first-order valence-electron chi connectivity index (χ1n) is 6.09. The van der Waals surface area contributed by atoms with E-state index in [1.54, 1.807) is 6.92 Å². The van der Waals surface area contributed by atoms with Crippen LogP contribution in [-0.2, 0) is 6.61 Å². The van der Waals surface area contributed by atoms with Crippen molar-refractivity contribution in [1.29, 1.82) is 0 Å². The molecule has 2 N–H and O–H groups in total. The third-order valence-electron chi connectivity index (χ3n) is 2.85. The van der Waals surface area contributed by atoms with Crippen molar-refractivity contribution in [3.05, 3.63) is 64.2 Å². The van der Waals surface area contributed by atoms with E-state index in [9.17, 15) is 8.78 Å². The fraction of sp³-hybridized carbons (Fsp3) is 0.200. The molecule has 0 unspecified atom stereocenters. The van der Waals surface area contributed by atoms with Gasteiger partial charge >= 0.3 is 0 Å². The first-order chi connectivity index (χ1) is 9.47. The highest BCUT2D eigenvalue weighted by molar-refractivity contribution is 6.31. The van der Waals surface area contributed by atoms with E-state index in [-0.39, 0.29) is 24.3 Å². The molecule has 0 amide bonds. The van der Waals surface area contributed by atoms with E-state index in [0.717, 1.165) is 0 Å². The highest BCUT2D eigenvalue weighted by Gasteiger charge is 2.11. The van der Waals surface area contributed by atoms with Crippen molar-refractivity contribution >= 4 is 11.6 Å². The van der Waals surface area contributed by atoms with Gasteiger partial charge < -0.3 is 10.5 Å². The van der Waals surface area contributed by atoms with Crippen molar-refractivity contribution in [2.45, 2.75) is 19.6 Å². The molecule has 0 aromatic heterocycles. The quantitative estimate of drug-likeness (QED) is 0.917. The zero-order chi connectivity index (χ0) is 14.7. The fourth-order valence-corrected chi connectivity index (χ4v) is 1.99. The van der Waals surface area contributed by atoms with Crippen LogP contribution in [0.1, 0.15) is 24.1 Å². The lowest BCUT2D eigenvalue weighted by atomic mass is 10.1. The van der Waals surface area contributed by atoms with Crippen molar-refractivity contribution in [3.8, 4) is 5.75 Å². The minimum absolute atomic E-state index is 0.0853. The molecule has 0 bridgehead atoms. The zero-order valence-corrected chi connectivity index (χ0v) is 11.6. The standard InChI is InChI=1S/C15H14ClF2NO/c1-9(19)13-7-12(18)3-5-15(13)20-8-10-6-11(17)2-4-14(10)16/h2-7,9H,8,19H2,1H3/t9-/m0/s1. The Morgan fingerprint density at radius 2 is 1.80 bits per heavy atom. The SMILES string of the molecule is C[C@H](N)c1cc(F)ccc1OCc1cc(F)ccc1Cl. The van der Waals surface area contributed by atoms with Crippen LogP contribution >= 0.6 is 11.6 Å². The van der Waals surface area contributed by atoms with Crippen LogP contribution in [0.25, 0.3) is 0 Å². The highest BCUT2D eigenvalue weighted by atomic mass is 35.5. The van der Waals surface area contributed by atoms with Gasteiger partial charge in [0.1, 0.15) is 24.0 Å². The van der Waals surface area contributed by atoms with Crippen LogP contribution in [0.5, 0.6) is 5.75 Å². The van der Waals surface area contributed by atoms with Crippen LogP contribution in [-0.4, -0.2) is 0 Å². The first-order valence-corrected chi connectivity index (χ1v) is 6.47. The fourth-order valence-electron chi connectivity index (χ4n) is 1.82. The molecular weight excluding hydrogens is 284 g/mol. The number of ether oxygens (including phenoxy) is 1. The largest absolute Gasteiger partial charge is 0.489 e. The van der Waals surface area contributed by atoms with Crippen LogP contribution < -0.4 is 10.5 Å². The molecule has 2 nitrogen and oxygen atoms in total. The molecule has 0 radical (unpaired) electrons. The van der Waals surface area contributed by atoms with E-state index >= 15 is 0 Å². The van der Waals surface area contributed by atoms with E-state index in [4.69, 9.17) is 22.1 Å². The maximum Gasteiger partial charge on any atom is 0.124 e. The summed E-state index contributed by atoms with van der Waals surface area (Å²) < 4.78 is 31.9. The summed E-state index contributed by atoms with van der Waals surface area (Å²) in [6.07, 6.45) is 0. The summed E-state index contributed by atoms with van der Waals surface area (Å²) in [4.78, 5) is 0. The molecule has 2 aromatic carbocycles. The van der Waals surface area contributed by atoms with Gasteiger partial charge in [-0.25, -0.2) is 8.78 Å². The van der Waals surface area contributed by atoms with Crippen molar-refractivity contribution < 1.29 is 13.5 Å². The third-order valence-corrected chi connectivity index (χ3v) is 3.22. The highest BCUT2D eigenvalue weighted by Crippen LogP contribution is 2.26. The summed E-state index contributed by atoms with van der Waals surface area (Å²) in [6, 6.07) is 7.79. The second kappa shape index (κ2) is 6.20. The molecule has 5 heteroatoms. The number of hydrogen-bond donors (Lipinski definition) is 1. The Morgan fingerprint density at radius 1 is 1.15 bits per heavy atom. The lowest BCUT2D eigenvalue weighted by Crippen LogP contribution is -2.08. The third kappa shape index (κ3) is 3.46. The molecule has 0 aliphatic heterocycles. The van der Waals surface area contributed by atoms with Crippen molar-refractivity contribution in [2.75, 3.05) is 0 Å². The van der Waals surface area contributed by atoms with Crippen LogP contribution in [0.2, 0.25) is 5.02 Å². The number of hydrogen-bond acceptors (Lipinski definition) is 2. The minimum Gasteiger partial charge on any atom is -0.489 e. The van der Waals surface area contributed by atoms with Gasteiger partial charge in [0.15, 0.2) is 0 Å². The average molecular weight is 298 g/mol. The Kier molecular flexibility index (Phi) is 4.57. The van der Waals surface area contributed by atoms with Gasteiger partial charge in [-0.3, -0.25) is 0 Å². The monoisotopic (exact) mass is 297 g/mol. The van der Waals surface area contributed by atoms with Crippen LogP contribution in [0, 0.1) is 11.6 Å². The molecule has 0 spiro atoms. The Balaban J connectivity index is 2.20. The maximum atomic E-state index is 13.2. The summed E-state index contributed by atoms with van der Waals surface area (Å²) in [6.45, 7) is 1.82. The molecule has 2 aromatic rings. The van der Waals surface area contributed by atoms with Gasteiger partial charge in [-0.05, 0) is 43.3 Å². The number of benzene rings is 2. The minimum atomic E-state index is -0.389. The van der Waals surface area contributed by atoms with Crippen molar-refractivity contribution in [3.63, 3.8) is 0 Å². The Labute approximate surface area is 121 Å². The molecule has 0 heterocycles. The predicted molar refractivity (Wildman–Crippen MR) is 74.7 cm³/mol. The normalized spacial score (nSPS) is 12.2. The topological polar surface area (TPSA) is 35.2 Å². The van der Waals surface area contributed by atoms with E-state index < -0.39 is 0 Å². The molecule has 0 aliphatic rings. The molecule has 20 heavy (non-hydrogen) atoms. The van der Waals surface area contributed by atoms with E-state index in [1.165, 1.54) is 36.4 Å². The molecule has 2 rings (SSSR count). The van der Waals surface area contributed by atoms with Crippen LogP contribution in [0.3, 0.4) is 0 Å². The number of nitrogens with two attached hydrogens (primary N) is 1. The average Bonchev–Trinajstić information content (AvgIpc) is 2.40. The lowest BCUT2D eigenvalue weighted by molar-refractivity contribution is 0.300. The van der Waals surface area contributed by atoms with Crippen molar-refractivity contribution in [2.24, 2.45) is 5.73 Å². The molecule has 0 aliphatic carbocycles. The predicted octanol–water partition coefficient (Wildman–Crippen LogP) is 4.22. The summed E-state index contributed by atoms with van der Waals surface area (Å²) in [7, 11) is 0. The van der Waals surface area contributed by atoms with E-state index in [2.05, 4.69) is 0 Å². The van der Waals surface area contributed by atoms with Crippen LogP contribution in [0.4, 0.5) is 8.78 Å². The molecule has 0 fully saturated rings.